The van der Waals surface area contributed by atoms with Crippen LogP contribution in [0.5, 0.6) is 5.75 Å². The standard InChI is InChI=1S/C30H23N3O2/c1-35-26-17-11-21(12-18-26)19-32-20-24-9-5-6-10-27(24)28-29(32)30(34)33(31-28)25-15-13-23(14-16-25)22-7-3-2-4-8-22/h2-18,20H,19H2,1H3/p+1. The van der Waals surface area contributed by atoms with Crippen LogP contribution in [0.15, 0.2) is 114 Å². The van der Waals surface area contributed by atoms with Gasteiger partial charge in [0.2, 0.25) is 0 Å². The van der Waals surface area contributed by atoms with Crippen LogP contribution in [-0.4, -0.2) is 16.9 Å². The predicted molar refractivity (Wildman–Crippen MR) is 139 cm³/mol. The van der Waals surface area contributed by atoms with Crippen LogP contribution in [0.3, 0.4) is 0 Å². The Bertz CT molecular complexity index is 1700. The minimum Gasteiger partial charge on any atom is -0.497 e. The van der Waals surface area contributed by atoms with Gasteiger partial charge in [0.25, 0.3) is 5.52 Å². The molecule has 2 aromatic heterocycles. The summed E-state index contributed by atoms with van der Waals surface area (Å²) in [5.41, 5.74) is 5.54. The number of hydrogen-bond acceptors (Lipinski definition) is 2. The van der Waals surface area contributed by atoms with E-state index in [1.54, 1.807) is 11.8 Å². The minimum atomic E-state index is -0.0771. The molecule has 35 heavy (non-hydrogen) atoms. The zero-order chi connectivity index (χ0) is 23.8. The molecule has 170 valence electrons. The molecule has 0 aliphatic rings. The van der Waals surface area contributed by atoms with Crippen molar-refractivity contribution >= 4 is 21.8 Å². The van der Waals surface area contributed by atoms with Crippen LogP contribution in [0.4, 0.5) is 0 Å². The lowest BCUT2D eigenvalue weighted by Crippen LogP contribution is -2.38. The molecule has 6 aromatic rings. The summed E-state index contributed by atoms with van der Waals surface area (Å²) in [6.45, 7) is 0.575. The second-order valence-electron chi connectivity index (χ2n) is 8.58. The molecule has 0 spiro atoms. The summed E-state index contributed by atoms with van der Waals surface area (Å²) in [6, 6.07) is 34.4. The second-order valence-corrected chi connectivity index (χ2v) is 8.58. The Morgan fingerprint density at radius 3 is 2.23 bits per heavy atom. The van der Waals surface area contributed by atoms with Crippen molar-refractivity contribution in [2.75, 3.05) is 7.11 Å². The van der Waals surface area contributed by atoms with Gasteiger partial charge in [-0.1, -0.05) is 60.7 Å². The van der Waals surface area contributed by atoms with Gasteiger partial charge in [0.15, 0.2) is 12.7 Å². The maximum absolute atomic E-state index is 13.7. The summed E-state index contributed by atoms with van der Waals surface area (Å²) in [4.78, 5) is 13.7. The summed E-state index contributed by atoms with van der Waals surface area (Å²) >= 11 is 0. The molecule has 0 fully saturated rings. The summed E-state index contributed by atoms with van der Waals surface area (Å²) < 4.78 is 8.96. The highest BCUT2D eigenvalue weighted by molar-refractivity contribution is 6.01. The number of hydrogen-bond donors (Lipinski definition) is 1. The number of nitrogens with zero attached hydrogens (tertiary/aromatic N) is 2. The van der Waals surface area contributed by atoms with Crippen LogP contribution in [0.1, 0.15) is 5.56 Å². The molecule has 2 heterocycles. The van der Waals surface area contributed by atoms with Gasteiger partial charge in [0, 0.05) is 16.3 Å². The minimum absolute atomic E-state index is 0.0771. The summed E-state index contributed by atoms with van der Waals surface area (Å²) in [5, 5.41) is 5.48. The molecule has 0 radical (unpaired) electrons. The maximum Gasteiger partial charge on any atom is 0.344 e. The highest BCUT2D eigenvalue weighted by Gasteiger charge is 2.22. The van der Waals surface area contributed by atoms with Crippen LogP contribution in [0, 0.1) is 0 Å². The SMILES string of the molecule is COc1ccc(C[n+]2cc3ccccc3c3[nH]n(-c4ccc(-c5ccccc5)cc4)c(=O)c32)cc1. The Morgan fingerprint density at radius 2 is 1.49 bits per heavy atom. The number of H-pyrrole nitrogens is 1. The molecule has 5 nitrogen and oxygen atoms in total. The van der Waals surface area contributed by atoms with Crippen molar-refractivity contribution < 1.29 is 9.30 Å². The highest BCUT2D eigenvalue weighted by atomic mass is 16.5. The monoisotopic (exact) mass is 458 g/mol. The van der Waals surface area contributed by atoms with Gasteiger partial charge in [-0.25, -0.2) is 4.68 Å². The third-order valence-corrected chi connectivity index (χ3v) is 6.42. The van der Waals surface area contributed by atoms with Crippen molar-refractivity contribution in [3.63, 3.8) is 0 Å². The molecule has 0 unspecified atom stereocenters. The Morgan fingerprint density at radius 1 is 0.800 bits per heavy atom. The Kier molecular flexibility index (Phi) is 5.15. The van der Waals surface area contributed by atoms with Crippen LogP contribution in [0.25, 0.3) is 38.6 Å². The molecule has 5 heteroatoms. The lowest BCUT2D eigenvalue weighted by atomic mass is 10.1. The summed E-state index contributed by atoms with van der Waals surface area (Å²) in [7, 11) is 1.66. The van der Waals surface area contributed by atoms with E-state index < -0.39 is 0 Å². The molecule has 1 N–H and O–H groups in total. The van der Waals surface area contributed by atoms with E-state index in [9.17, 15) is 4.79 Å². The summed E-state index contributed by atoms with van der Waals surface area (Å²) in [5.74, 6) is 0.811. The van der Waals surface area contributed by atoms with Crippen LogP contribution >= 0.6 is 0 Å². The number of methoxy groups -OCH3 is 1. The molecule has 0 atom stereocenters. The molecule has 6 rings (SSSR count). The van der Waals surface area contributed by atoms with E-state index in [4.69, 9.17) is 4.74 Å². The molecule has 4 aromatic carbocycles. The van der Waals surface area contributed by atoms with Gasteiger partial charge in [-0.15, -0.1) is 0 Å². The molecule has 0 aliphatic heterocycles. The number of nitrogens with one attached hydrogen (secondary N) is 1. The smallest absolute Gasteiger partial charge is 0.344 e. The van der Waals surface area contributed by atoms with Gasteiger partial charge in [0.05, 0.1) is 12.8 Å². The fourth-order valence-corrected chi connectivity index (χ4v) is 4.62. The average molecular weight is 459 g/mol. The quantitative estimate of drug-likeness (QED) is 0.348. The third-order valence-electron chi connectivity index (χ3n) is 6.42. The first-order chi connectivity index (χ1) is 17.2. The van der Waals surface area contributed by atoms with E-state index in [1.807, 2.05) is 89.5 Å². The Balaban J connectivity index is 1.49. The Labute approximate surface area is 202 Å². The first kappa shape index (κ1) is 20.9. The van der Waals surface area contributed by atoms with Crippen molar-refractivity contribution in [1.29, 1.82) is 0 Å². The lowest BCUT2D eigenvalue weighted by Gasteiger charge is -2.04. The van der Waals surface area contributed by atoms with E-state index in [-0.39, 0.29) is 5.56 Å². The van der Waals surface area contributed by atoms with E-state index >= 15 is 0 Å². The lowest BCUT2D eigenvalue weighted by molar-refractivity contribution is -0.661. The number of rotatable bonds is 5. The van der Waals surface area contributed by atoms with Crippen molar-refractivity contribution in [2.24, 2.45) is 0 Å². The topological polar surface area (TPSA) is 50.9 Å². The molecule has 0 saturated carbocycles. The predicted octanol–water partition coefficient (Wildman–Crippen LogP) is 5.48. The van der Waals surface area contributed by atoms with Gasteiger partial charge < -0.3 is 4.74 Å². The van der Waals surface area contributed by atoms with E-state index in [0.717, 1.165) is 44.4 Å². The van der Waals surface area contributed by atoms with Crippen molar-refractivity contribution in [3.8, 4) is 22.6 Å². The average Bonchev–Trinajstić information content (AvgIpc) is 3.27. The van der Waals surface area contributed by atoms with Crippen molar-refractivity contribution in [1.82, 2.24) is 9.78 Å². The number of ether oxygens (including phenoxy) is 1. The van der Waals surface area contributed by atoms with Gasteiger partial charge >= 0.3 is 5.56 Å². The second kappa shape index (κ2) is 8.61. The first-order valence-corrected chi connectivity index (χ1v) is 11.6. The van der Waals surface area contributed by atoms with E-state index in [0.29, 0.717) is 12.1 Å². The Hall–Kier alpha value is -4.64. The van der Waals surface area contributed by atoms with Gasteiger partial charge in [-0.3, -0.25) is 9.89 Å². The number of aromatic amines is 1. The summed E-state index contributed by atoms with van der Waals surface area (Å²) in [6.07, 6.45) is 2.06. The van der Waals surface area contributed by atoms with Crippen molar-refractivity contribution in [3.05, 3.63) is 125 Å². The van der Waals surface area contributed by atoms with E-state index in [1.165, 1.54) is 0 Å². The molecule has 0 amide bonds. The van der Waals surface area contributed by atoms with Crippen molar-refractivity contribution in [2.45, 2.75) is 6.54 Å². The van der Waals surface area contributed by atoms with E-state index in [2.05, 4.69) is 29.5 Å². The normalized spacial score (nSPS) is 11.2. The van der Waals surface area contributed by atoms with Gasteiger partial charge in [0.1, 0.15) is 11.3 Å². The zero-order valence-electron chi connectivity index (χ0n) is 19.3. The molecule has 0 saturated heterocycles. The highest BCUT2D eigenvalue weighted by Crippen LogP contribution is 2.23. The fourth-order valence-electron chi connectivity index (χ4n) is 4.62. The first-order valence-electron chi connectivity index (χ1n) is 11.6. The molecular formula is C30H24N3O2+. The maximum atomic E-state index is 13.7. The van der Waals surface area contributed by atoms with Gasteiger partial charge in [-0.05, 0) is 53.6 Å². The molecule has 0 bridgehead atoms. The molecular weight excluding hydrogens is 434 g/mol. The molecule has 0 aliphatic carbocycles. The fraction of sp³-hybridized carbons (Fsp3) is 0.0667. The number of pyridine rings is 1. The van der Waals surface area contributed by atoms with Crippen LogP contribution in [-0.2, 0) is 6.54 Å². The van der Waals surface area contributed by atoms with Gasteiger partial charge in [-0.2, -0.15) is 4.57 Å². The number of benzene rings is 4. The van der Waals surface area contributed by atoms with Crippen LogP contribution < -0.4 is 14.9 Å². The number of aromatic nitrogens is 3. The third kappa shape index (κ3) is 3.77. The largest absolute Gasteiger partial charge is 0.497 e. The zero-order valence-corrected chi connectivity index (χ0v) is 19.3. The number of fused-ring (bicyclic) bond motifs is 3. The van der Waals surface area contributed by atoms with Crippen LogP contribution in [0.2, 0.25) is 0 Å².